The van der Waals surface area contributed by atoms with Crippen molar-refractivity contribution in [2.75, 3.05) is 5.32 Å². The summed E-state index contributed by atoms with van der Waals surface area (Å²) in [5.74, 6) is 1.02. The van der Waals surface area contributed by atoms with Crippen LogP contribution in [-0.4, -0.2) is 12.0 Å². The molecular weight excluding hydrogens is 274 g/mol. The lowest BCUT2D eigenvalue weighted by atomic mass is 10.0. The van der Waals surface area contributed by atoms with Crippen LogP contribution < -0.4 is 10.1 Å². The molecule has 3 nitrogen and oxygen atoms in total. The van der Waals surface area contributed by atoms with Gasteiger partial charge in [-0.25, -0.2) is 0 Å². The number of hydrogen-bond donors (Lipinski definition) is 1. The monoisotopic (exact) mass is 297 g/mol. The van der Waals surface area contributed by atoms with E-state index in [0.29, 0.717) is 11.7 Å². The number of carbonyl (C=O) groups excluding carboxylic acids is 1. The van der Waals surface area contributed by atoms with Crippen molar-refractivity contribution in [1.82, 2.24) is 0 Å². The zero-order valence-corrected chi connectivity index (χ0v) is 13.6. The number of hydrogen-bond acceptors (Lipinski definition) is 2. The third-order valence-electron chi connectivity index (χ3n) is 3.55. The van der Waals surface area contributed by atoms with E-state index in [1.54, 1.807) is 6.92 Å². The summed E-state index contributed by atoms with van der Waals surface area (Å²) in [4.78, 5) is 12.2. The van der Waals surface area contributed by atoms with Gasteiger partial charge in [0.15, 0.2) is 6.10 Å². The molecule has 0 aromatic heterocycles. The highest BCUT2D eigenvalue weighted by molar-refractivity contribution is 5.94. The number of carbonyl (C=O) groups is 1. The van der Waals surface area contributed by atoms with Crippen LogP contribution in [0.15, 0.2) is 48.5 Å². The van der Waals surface area contributed by atoms with E-state index < -0.39 is 6.10 Å². The average Bonchev–Trinajstić information content (AvgIpc) is 2.50. The lowest BCUT2D eigenvalue weighted by Crippen LogP contribution is -2.30. The Labute approximate surface area is 132 Å². The van der Waals surface area contributed by atoms with Crippen molar-refractivity contribution >= 4 is 11.6 Å². The Bertz CT molecular complexity index is 615. The Kier molecular flexibility index (Phi) is 5.21. The van der Waals surface area contributed by atoms with Crippen LogP contribution in [-0.2, 0) is 4.79 Å². The van der Waals surface area contributed by atoms with Gasteiger partial charge < -0.3 is 10.1 Å². The van der Waals surface area contributed by atoms with Gasteiger partial charge in [-0.1, -0.05) is 43.7 Å². The molecule has 0 aliphatic heterocycles. The summed E-state index contributed by atoms with van der Waals surface area (Å²) in [5, 5.41) is 2.88. The van der Waals surface area contributed by atoms with E-state index in [1.807, 2.05) is 55.5 Å². The summed E-state index contributed by atoms with van der Waals surface area (Å²) in [6.45, 7) is 8.05. The first-order valence-electron chi connectivity index (χ1n) is 7.60. The summed E-state index contributed by atoms with van der Waals surface area (Å²) in [6, 6.07) is 15.6. The molecule has 1 unspecified atom stereocenters. The number of rotatable bonds is 5. The predicted molar refractivity (Wildman–Crippen MR) is 90.4 cm³/mol. The summed E-state index contributed by atoms with van der Waals surface area (Å²) in [6.07, 6.45) is -0.549. The van der Waals surface area contributed by atoms with Gasteiger partial charge in [0.05, 0.1) is 0 Å². The molecule has 22 heavy (non-hydrogen) atoms. The predicted octanol–water partition coefficient (Wildman–Crippen LogP) is 4.52. The van der Waals surface area contributed by atoms with Crippen LogP contribution in [0.2, 0.25) is 0 Å². The highest BCUT2D eigenvalue weighted by atomic mass is 16.5. The van der Waals surface area contributed by atoms with E-state index in [0.717, 1.165) is 11.3 Å². The smallest absolute Gasteiger partial charge is 0.265 e. The van der Waals surface area contributed by atoms with Crippen molar-refractivity contribution in [2.24, 2.45) is 0 Å². The lowest BCUT2D eigenvalue weighted by molar-refractivity contribution is -0.122. The Hall–Kier alpha value is -2.29. The van der Waals surface area contributed by atoms with Crippen molar-refractivity contribution in [3.05, 3.63) is 59.7 Å². The second-order valence-corrected chi connectivity index (χ2v) is 5.84. The first-order chi connectivity index (χ1) is 10.5. The summed E-state index contributed by atoms with van der Waals surface area (Å²) in [5.41, 5.74) is 3.20. The minimum Gasteiger partial charge on any atom is -0.481 e. The highest BCUT2D eigenvalue weighted by Gasteiger charge is 2.14. The normalized spacial score (nSPS) is 12.0. The van der Waals surface area contributed by atoms with Crippen molar-refractivity contribution in [1.29, 1.82) is 0 Å². The largest absolute Gasteiger partial charge is 0.481 e. The molecule has 116 valence electrons. The molecule has 2 aromatic carbocycles. The molecule has 1 amide bonds. The van der Waals surface area contributed by atoms with Gasteiger partial charge in [0.2, 0.25) is 0 Å². The van der Waals surface area contributed by atoms with Crippen molar-refractivity contribution in [3.63, 3.8) is 0 Å². The molecule has 1 atom stereocenters. The number of aryl methyl sites for hydroxylation is 1. The molecule has 0 fully saturated rings. The third-order valence-corrected chi connectivity index (χ3v) is 3.55. The van der Waals surface area contributed by atoms with E-state index in [2.05, 4.69) is 19.2 Å². The zero-order chi connectivity index (χ0) is 16.1. The molecule has 0 saturated heterocycles. The second kappa shape index (κ2) is 7.12. The molecule has 0 saturated carbocycles. The first kappa shape index (κ1) is 16.1. The van der Waals surface area contributed by atoms with E-state index in [-0.39, 0.29) is 5.91 Å². The Balaban J connectivity index is 1.94. The van der Waals surface area contributed by atoms with Crippen LogP contribution in [0.3, 0.4) is 0 Å². The van der Waals surface area contributed by atoms with E-state index >= 15 is 0 Å². The maximum Gasteiger partial charge on any atom is 0.265 e. The molecule has 0 heterocycles. The fourth-order valence-electron chi connectivity index (χ4n) is 2.07. The SMILES string of the molecule is Cc1ccc(OC(C)C(=O)Nc2ccc(C(C)C)cc2)cc1. The zero-order valence-electron chi connectivity index (χ0n) is 13.6. The number of ether oxygens (including phenoxy) is 1. The van der Waals surface area contributed by atoms with Gasteiger partial charge in [-0.15, -0.1) is 0 Å². The summed E-state index contributed by atoms with van der Waals surface area (Å²) in [7, 11) is 0. The first-order valence-corrected chi connectivity index (χ1v) is 7.60. The van der Waals surface area contributed by atoms with Gasteiger partial charge in [0, 0.05) is 5.69 Å². The lowest BCUT2D eigenvalue weighted by Gasteiger charge is -2.15. The van der Waals surface area contributed by atoms with Crippen LogP contribution in [0, 0.1) is 6.92 Å². The third kappa shape index (κ3) is 4.35. The van der Waals surface area contributed by atoms with Gasteiger partial charge in [0.25, 0.3) is 5.91 Å². The Morgan fingerprint density at radius 2 is 1.55 bits per heavy atom. The van der Waals surface area contributed by atoms with Crippen molar-refractivity contribution in [2.45, 2.75) is 39.7 Å². The molecule has 0 aliphatic rings. The van der Waals surface area contributed by atoms with Gasteiger partial charge in [-0.2, -0.15) is 0 Å². The molecule has 0 aliphatic carbocycles. The Morgan fingerprint density at radius 1 is 0.955 bits per heavy atom. The minimum atomic E-state index is -0.549. The highest BCUT2D eigenvalue weighted by Crippen LogP contribution is 2.18. The van der Waals surface area contributed by atoms with Crippen molar-refractivity contribution < 1.29 is 9.53 Å². The average molecular weight is 297 g/mol. The topological polar surface area (TPSA) is 38.3 Å². The quantitative estimate of drug-likeness (QED) is 0.881. The number of nitrogens with one attached hydrogen (secondary N) is 1. The maximum absolute atomic E-state index is 12.2. The molecule has 0 radical (unpaired) electrons. The minimum absolute atomic E-state index is 0.155. The fraction of sp³-hybridized carbons (Fsp3) is 0.316. The van der Waals surface area contributed by atoms with E-state index in [1.165, 1.54) is 5.56 Å². The number of anilines is 1. The Morgan fingerprint density at radius 3 is 2.09 bits per heavy atom. The molecule has 3 heteroatoms. The molecule has 2 rings (SSSR count). The molecule has 0 spiro atoms. The van der Waals surface area contributed by atoms with E-state index in [4.69, 9.17) is 4.74 Å². The number of amides is 1. The molecular formula is C19H23NO2. The number of benzene rings is 2. The maximum atomic E-state index is 12.2. The van der Waals surface area contributed by atoms with Crippen LogP contribution in [0.4, 0.5) is 5.69 Å². The van der Waals surface area contributed by atoms with Crippen LogP contribution in [0.1, 0.15) is 37.8 Å². The van der Waals surface area contributed by atoms with Gasteiger partial charge in [0.1, 0.15) is 5.75 Å². The molecule has 1 N–H and O–H groups in total. The van der Waals surface area contributed by atoms with Crippen molar-refractivity contribution in [3.8, 4) is 5.75 Å². The standard InChI is InChI=1S/C19H23NO2/c1-13(2)16-7-9-17(10-8-16)20-19(21)15(4)22-18-11-5-14(3)6-12-18/h5-13,15H,1-4H3,(H,20,21). The van der Waals surface area contributed by atoms with Gasteiger partial charge >= 0.3 is 0 Å². The molecule has 0 bridgehead atoms. The summed E-state index contributed by atoms with van der Waals surface area (Å²) < 4.78 is 5.65. The van der Waals surface area contributed by atoms with Crippen LogP contribution >= 0.6 is 0 Å². The van der Waals surface area contributed by atoms with E-state index in [9.17, 15) is 4.79 Å². The van der Waals surface area contributed by atoms with Crippen LogP contribution in [0.25, 0.3) is 0 Å². The van der Waals surface area contributed by atoms with Crippen LogP contribution in [0.5, 0.6) is 5.75 Å². The summed E-state index contributed by atoms with van der Waals surface area (Å²) >= 11 is 0. The fourth-order valence-corrected chi connectivity index (χ4v) is 2.07. The molecule has 2 aromatic rings. The second-order valence-electron chi connectivity index (χ2n) is 5.84. The van der Waals surface area contributed by atoms with Gasteiger partial charge in [-0.3, -0.25) is 4.79 Å². The van der Waals surface area contributed by atoms with Gasteiger partial charge in [-0.05, 0) is 49.6 Å².